The van der Waals surface area contributed by atoms with Crippen LogP contribution < -0.4 is 4.74 Å². The van der Waals surface area contributed by atoms with E-state index in [0.717, 1.165) is 0 Å². The van der Waals surface area contributed by atoms with Crippen molar-refractivity contribution < 1.29 is 18.7 Å². The molecule has 0 bridgehead atoms. The summed E-state index contributed by atoms with van der Waals surface area (Å²) in [5, 5.41) is 0. The van der Waals surface area contributed by atoms with E-state index in [4.69, 9.17) is 4.74 Å². The van der Waals surface area contributed by atoms with Gasteiger partial charge in [0.05, 0.1) is 6.26 Å². The number of hydrogen-bond donors (Lipinski definition) is 0. The number of cyclic esters (lactones) is 1. The van der Waals surface area contributed by atoms with Crippen LogP contribution in [-0.2, 0) is 9.53 Å². The summed E-state index contributed by atoms with van der Waals surface area (Å²) in [7, 11) is 0. The zero-order chi connectivity index (χ0) is 11.5. The van der Waals surface area contributed by atoms with Crippen molar-refractivity contribution in [1.82, 2.24) is 0 Å². The predicted molar refractivity (Wildman–Crippen MR) is 56.1 cm³/mol. The number of carbonyl (C=O) groups excluding carboxylic acids is 1. The minimum absolute atomic E-state index is 0.0131. The lowest BCUT2D eigenvalue weighted by molar-refractivity contribution is -0.141. The van der Waals surface area contributed by atoms with Crippen molar-refractivity contribution in [3.8, 4) is 5.75 Å². The molecule has 0 fully saturated rings. The Morgan fingerprint density at radius 1 is 1.50 bits per heavy atom. The highest BCUT2D eigenvalue weighted by atomic mass is 19.1. The molecule has 1 aromatic rings. The van der Waals surface area contributed by atoms with Gasteiger partial charge in [-0.2, -0.15) is 0 Å². The summed E-state index contributed by atoms with van der Waals surface area (Å²) in [6.07, 6.45) is 3.30. The van der Waals surface area contributed by atoms with Crippen molar-refractivity contribution in [2.45, 2.75) is 6.10 Å². The molecule has 0 amide bonds. The molecule has 0 radical (unpaired) electrons. The van der Waals surface area contributed by atoms with Crippen molar-refractivity contribution in [2.24, 2.45) is 0 Å². The Kier molecular flexibility index (Phi) is 2.72. The third-order valence-electron chi connectivity index (χ3n) is 2.12. The maximum Gasteiger partial charge on any atom is 0.356 e. The second-order valence-corrected chi connectivity index (χ2v) is 3.20. The van der Waals surface area contributed by atoms with Gasteiger partial charge >= 0.3 is 5.97 Å². The van der Waals surface area contributed by atoms with Gasteiger partial charge in [-0.1, -0.05) is 18.7 Å². The van der Waals surface area contributed by atoms with Crippen LogP contribution in [0, 0.1) is 5.82 Å². The molecule has 1 unspecified atom stereocenters. The summed E-state index contributed by atoms with van der Waals surface area (Å²) in [4.78, 5) is 11.1. The fraction of sp³-hybridized carbons (Fsp3) is 0.0833. The van der Waals surface area contributed by atoms with Crippen LogP contribution in [0.25, 0.3) is 6.08 Å². The first kappa shape index (κ1) is 10.4. The molecule has 1 aliphatic heterocycles. The second-order valence-electron chi connectivity index (χ2n) is 3.20. The molecule has 82 valence electrons. The first-order chi connectivity index (χ1) is 7.70. The lowest BCUT2D eigenvalue weighted by Crippen LogP contribution is -2.22. The van der Waals surface area contributed by atoms with E-state index in [9.17, 15) is 9.18 Å². The third kappa shape index (κ3) is 1.95. The van der Waals surface area contributed by atoms with Crippen LogP contribution in [0.5, 0.6) is 5.75 Å². The average molecular weight is 220 g/mol. The van der Waals surface area contributed by atoms with Crippen molar-refractivity contribution >= 4 is 12.0 Å². The molecule has 0 N–H and O–H groups in total. The number of ether oxygens (including phenoxy) is 2. The molecule has 16 heavy (non-hydrogen) atoms. The molecule has 1 aromatic carbocycles. The Bertz CT molecular complexity index is 465. The van der Waals surface area contributed by atoms with E-state index in [2.05, 4.69) is 11.3 Å². The fourth-order valence-corrected chi connectivity index (χ4v) is 1.29. The van der Waals surface area contributed by atoms with Crippen LogP contribution in [0.4, 0.5) is 4.39 Å². The maximum absolute atomic E-state index is 13.5. The van der Waals surface area contributed by atoms with Crippen LogP contribution in [0.15, 0.2) is 37.1 Å². The number of carbonyl (C=O) groups is 1. The predicted octanol–water partition coefficient (Wildman–Crippen LogP) is 2.29. The van der Waals surface area contributed by atoms with Gasteiger partial charge in [-0.25, -0.2) is 9.18 Å². The van der Waals surface area contributed by atoms with Gasteiger partial charge in [0.25, 0.3) is 0 Å². The van der Waals surface area contributed by atoms with Crippen LogP contribution in [-0.4, -0.2) is 12.1 Å². The molecular weight excluding hydrogens is 211 g/mol. The second kappa shape index (κ2) is 4.18. The summed E-state index contributed by atoms with van der Waals surface area (Å²) >= 11 is 0. The highest BCUT2D eigenvalue weighted by Gasteiger charge is 2.24. The van der Waals surface area contributed by atoms with Gasteiger partial charge in [-0.3, -0.25) is 0 Å². The average Bonchev–Trinajstić information content (AvgIpc) is 2.67. The molecule has 1 aliphatic rings. The summed E-state index contributed by atoms with van der Waals surface area (Å²) in [6.45, 7) is 3.52. The Labute approximate surface area is 91.8 Å². The molecule has 2 rings (SSSR count). The van der Waals surface area contributed by atoms with Crippen LogP contribution >= 0.6 is 0 Å². The number of esters is 1. The van der Waals surface area contributed by atoms with Gasteiger partial charge in [0.1, 0.15) is 0 Å². The van der Waals surface area contributed by atoms with E-state index >= 15 is 0 Å². The summed E-state index contributed by atoms with van der Waals surface area (Å²) in [5.41, 5.74) is 0.648. The van der Waals surface area contributed by atoms with Crippen molar-refractivity contribution in [2.75, 3.05) is 0 Å². The lowest BCUT2D eigenvalue weighted by atomic mass is 10.2. The molecule has 0 aliphatic carbocycles. The molecule has 0 saturated heterocycles. The summed E-state index contributed by atoms with van der Waals surface area (Å²) < 4.78 is 23.2. The van der Waals surface area contributed by atoms with Crippen LogP contribution in [0.1, 0.15) is 5.56 Å². The van der Waals surface area contributed by atoms with Gasteiger partial charge in [0.2, 0.25) is 6.10 Å². The van der Waals surface area contributed by atoms with Crippen molar-refractivity contribution in [1.29, 1.82) is 0 Å². The molecule has 0 spiro atoms. The minimum Gasteiger partial charge on any atom is -0.471 e. The van der Waals surface area contributed by atoms with E-state index < -0.39 is 17.9 Å². The smallest absolute Gasteiger partial charge is 0.356 e. The molecular formula is C12H9FO3. The molecule has 0 aromatic heterocycles. The standard InChI is InChI=1S/C12H9FO3/c1-2-8-3-4-10(9(13)7-8)16-11-5-6-15-12(11)14/h2-7,11H,1H2. The quantitative estimate of drug-likeness (QED) is 0.733. The SMILES string of the molecule is C=Cc1ccc(OC2C=COC2=O)c(F)c1. The summed E-state index contributed by atoms with van der Waals surface area (Å²) in [5.74, 6) is -1.07. The Morgan fingerprint density at radius 2 is 2.31 bits per heavy atom. The van der Waals surface area contributed by atoms with Gasteiger partial charge in [-0.05, 0) is 17.7 Å². The van der Waals surface area contributed by atoms with Gasteiger partial charge in [0.15, 0.2) is 11.6 Å². The highest BCUT2D eigenvalue weighted by molar-refractivity contribution is 5.80. The van der Waals surface area contributed by atoms with E-state index in [0.29, 0.717) is 5.56 Å². The van der Waals surface area contributed by atoms with Crippen LogP contribution in [0.2, 0.25) is 0 Å². The molecule has 1 heterocycles. The third-order valence-corrected chi connectivity index (χ3v) is 2.12. The Hall–Kier alpha value is -2.10. The fourth-order valence-electron chi connectivity index (χ4n) is 1.29. The molecule has 1 atom stereocenters. The number of halogens is 1. The number of benzene rings is 1. The van der Waals surface area contributed by atoms with Gasteiger partial charge in [0, 0.05) is 6.08 Å². The number of rotatable bonds is 3. The normalized spacial score (nSPS) is 18.3. The van der Waals surface area contributed by atoms with Crippen LogP contribution in [0.3, 0.4) is 0 Å². The van der Waals surface area contributed by atoms with E-state index in [1.165, 1.54) is 30.5 Å². The van der Waals surface area contributed by atoms with Crippen molar-refractivity contribution in [3.63, 3.8) is 0 Å². The molecule has 3 nitrogen and oxygen atoms in total. The maximum atomic E-state index is 13.5. The number of hydrogen-bond acceptors (Lipinski definition) is 3. The zero-order valence-corrected chi connectivity index (χ0v) is 8.35. The van der Waals surface area contributed by atoms with E-state index in [1.54, 1.807) is 6.07 Å². The van der Waals surface area contributed by atoms with Gasteiger partial charge < -0.3 is 9.47 Å². The van der Waals surface area contributed by atoms with Gasteiger partial charge in [-0.15, -0.1) is 0 Å². The van der Waals surface area contributed by atoms with E-state index in [1.807, 2.05) is 0 Å². The molecule has 4 heteroatoms. The molecule has 0 saturated carbocycles. The zero-order valence-electron chi connectivity index (χ0n) is 8.35. The monoisotopic (exact) mass is 220 g/mol. The Morgan fingerprint density at radius 3 is 2.88 bits per heavy atom. The Balaban J connectivity index is 2.18. The first-order valence-corrected chi connectivity index (χ1v) is 4.66. The minimum atomic E-state index is -0.871. The lowest BCUT2D eigenvalue weighted by Gasteiger charge is -2.10. The van der Waals surface area contributed by atoms with Crippen molar-refractivity contribution in [3.05, 3.63) is 48.5 Å². The summed E-state index contributed by atoms with van der Waals surface area (Å²) in [6, 6.07) is 4.38. The highest BCUT2D eigenvalue weighted by Crippen LogP contribution is 2.21. The first-order valence-electron chi connectivity index (χ1n) is 4.66. The largest absolute Gasteiger partial charge is 0.471 e. The van der Waals surface area contributed by atoms with E-state index in [-0.39, 0.29) is 5.75 Å². The topological polar surface area (TPSA) is 35.5 Å².